The second-order valence-corrected chi connectivity index (χ2v) is 11.0. The molecule has 9 nitrogen and oxygen atoms in total. The predicted molar refractivity (Wildman–Crippen MR) is 131 cm³/mol. The summed E-state index contributed by atoms with van der Waals surface area (Å²) in [5.74, 6) is -0.229. The van der Waals surface area contributed by atoms with Crippen molar-refractivity contribution in [2.75, 3.05) is 31.7 Å². The van der Waals surface area contributed by atoms with Crippen LogP contribution in [-0.2, 0) is 22.7 Å². The number of rotatable bonds is 7. The summed E-state index contributed by atoms with van der Waals surface area (Å²) in [4.78, 5) is 11.9. The van der Waals surface area contributed by atoms with Crippen LogP contribution in [0.25, 0.3) is 17.1 Å². The Hall–Kier alpha value is -2.81. The van der Waals surface area contributed by atoms with Gasteiger partial charge >= 0.3 is 6.18 Å². The Bertz CT molecular complexity index is 1380. The van der Waals surface area contributed by atoms with E-state index in [-0.39, 0.29) is 31.2 Å². The summed E-state index contributed by atoms with van der Waals surface area (Å²) >= 11 is 6.38. The number of halogens is 5. The Kier molecular flexibility index (Phi) is 7.74. The molecule has 0 bridgehead atoms. The minimum atomic E-state index is -4.77. The fourth-order valence-corrected chi connectivity index (χ4v) is 5.16. The zero-order chi connectivity index (χ0) is 27.0. The normalized spacial score (nSPS) is 19.2. The van der Waals surface area contributed by atoms with Crippen LogP contribution in [0.3, 0.4) is 0 Å². The molecule has 0 spiro atoms. The molecular weight excluding hydrogens is 538 g/mol. The summed E-state index contributed by atoms with van der Waals surface area (Å²) in [5.41, 5.74) is -0.245. The average molecular weight is 562 g/mol. The topological polar surface area (TPSA) is 105 Å². The van der Waals surface area contributed by atoms with Crippen molar-refractivity contribution in [3.8, 4) is 17.1 Å². The molecule has 1 saturated heterocycles. The second kappa shape index (κ2) is 10.5. The van der Waals surface area contributed by atoms with Gasteiger partial charge in [0.05, 0.1) is 23.0 Å². The lowest BCUT2D eigenvalue weighted by atomic mass is 10.1. The number of sulfonamides is 1. The van der Waals surface area contributed by atoms with Crippen molar-refractivity contribution in [1.29, 1.82) is 0 Å². The van der Waals surface area contributed by atoms with Crippen LogP contribution in [0.1, 0.15) is 17.5 Å². The highest BCUT2D eigenvalue weighted by molar-refractivity contribution is 7.88. The number of benzene rings is 1. The van der Waals surface area contributed by atoms with Gasteiger partial charge in [0.2, 0.25) is 16.0 Å². The van der Waals surface area contributed by atoms with Gasteiger partial charge in [-0.1, -0.05) is 17.7 Å². The zero-order valence-electron chi connectivity index (χ0n) is 19.8. The molecule has 0 unspecified atom stereocenters. The Balaban J connectivity index is 1.63. The van der Waals surface area contributed by atoms with Crippen molar-refractivity contribution < 1.29 is 26.0 Å². The molecule has 4 rings (SSSR count). The molecule has 1 fully saturated rings. The summed E-state index contributed by atoms with van der Waals surface area (Å²) < 4.78 is 81.8. The van der Waals surface area contributed by atoms with Gasteiger partial charge < -0.3 is 15.2 Å². The van der Waals surface area contributed by atoms with Gasteiger partial charge in [0.25, 0.3) is 0 Å². The number of hydrogen-bond donors (Lipinski definition) is 2. The maximum absolute atomic E-state index is 14.7. The maximum Gasteiger partial charge on any atom is 0.420 e. The molecule has 200 valence electrons. The van der Waals surface area contributed by atoms with Gasteiger partial charge in [0.1, 0.15) is 29.5 Å². The highest BCUT2D eigenvalue weighted by atomic mass is 35.5. The van der Waals surface area contributed by atoms with Crippen molar-refractivity contribution in [3.05, 3.63) is 53.1 Å². The van der Waals surface area contributed by atoms with E-state index in [2.05, 4.69) is 25.6 Å². The SMILES string of the molecule is CNCc1ccc(-n2cnc(-c3nc(N[C@@H]4CCN(S(C)(=O)=O)C[C@H]4F)ncc3C(F)(F)F)c2)c(Cl)c1. The first kappa shape index (κ1) is 27.2. The first-order valence-corrected chi connectivity index (χ1v) is 13.4. The van der Waals surface area contributed by atoms with Gasteiger partial charge in [-0.25, -0.2) is 27.8 Å². The number of piperidine rings is 1. The lowest BCUT2D eigenvalue weighted by molar-refractivity contribution is -0.137. The highest BCUT2D eigenvalue weighted by Crippen LogP contribution is 2.36. The lowest BCUT2D eigenvalue weighted by Crippen LogP contribution is -2.49. The van der Waals surface area contributed by atoms with E-state index in [1.807, 2.05) is 6.07 Å². The number of imidazole rings is 1. The van der Waals surface area contributed by atoms with Crippen molar-refractivity contribution in [3.63, 3.8) is 0 Å². The maximum atomic E-state index is 14.7. The fraction of sp³-hybridized carbons (Fsp3) is 0.409. The third-order valence-electron chi connectivity index (χ3n) is 5.88. The van der Waals surface area contributed by atoms with Crippen LogP contribution in [0.15, 0.2) is 36.9 Å². The minimum Gasteiger partial charge on any atom is -0.348 e. The monoisotopic (exact) mass is 561 g/mol. The summed E-state index contributed by atoms with van der Waals surface area (Å²) in [6.07, 6.45) is -2.00. The van der Waals surface area contributed by atoms with Crippen molar-refractivity contribution in [1.82, 2.24) is 29.1 Å². The Labute approximate surface area is 215 Å². The average Bonchev–Trinajstić information content (AvgIpc) is 3.29. The molecule has 2 atom stereocenters. The van der Waals surface area contributed by atoms with Crippen LogP contribution in [-0.4, -0.2) is 70.8 Å². The number of nitrogens with one attached hydrogen (secondary N) is 2. The molecule has 0 saturated carbocycles. The minimum absolute atomic E-state index is 0.0582. The zero-order valence-corrected chi connectivity index (χ0v) is 21.4. The van der Waals surface area contributed by atoms with Crippen LogP contribution < -0.4 is 10.6 Å². The Morgan fingerprint density at radius 3 is 2.62 bits per heavy atom. The van der Waals surface area contributed by atoms with E-state index < -0.39 is 39.7 Å². The quantitative estimate of drug-likeness (QED) is 0.425. The Morgan fingerprint density at radius 1 is 1.24 bits per heavy atom. The number of alkyl halides is 4. The molecule has 3 heterocycles. The third kappa shape index (κ3) is 6.20. The van der Waals surface area contributed by atoms with E-state index in [1.165, 1.54) is 17.1 Å². The van der Waals surface area contributed by atoms with Gasteiger partial charge in [-0.3, -0.25) is 0 Å². The molecule has 0 amide bonds. The van der Waals surface area contributed by atoms with Gasteiger partial charge in [-0.15, -0.1) is 0 Å². The van der Waals surface area contributed by atoms with Gasteiger partial charge in [-0.2, -0.15) is 17.5 Å². The van der Waals surface area contributed by atoms with Crippen LogP contribution in [0.5, 0.6) is 0 Å². The van der Waals surface area contributed by atoms with Crippen LogP contribution in [0.4, 0.5) is 23.5 Å². The van der Waals surface area contributed by atoms with E-state index in [1.54, 1.807) is 19.2 Å². The fourth-order valence-electron chi connectivity index (χ4n) is 4.01. The summed E-state index contributed by atoms with van der Waals surface area (Å²) in [6.45, 7) is 0.277. The molecular formula is C22H24ClF4N7O2S. The number of hydrogen-bond acceptors (Lipinski definition) is 7. The smallest absolute Gasteiger partial charge is 0.348 e. The molecule has 0 radical (unpaired) electrons. The van der Waals surface area contributed by atoms with E-state index >= 15 is 0 Å². The standard InChI is InChI=1S/C22H24ClF4N7O2S/c1-28-8-13-3-4-19(15(23)7-13)33-11-18(30-12-33)20-14(22(25,26)27)9-29-21(32-20)31-17-5-6-34(10-16(17)24)37(2,35)36/h3-4,7,9,11-12,16-17,28H,5-6,8,10H2,1-2H3,(H,29,31,32)/t16-,17-/m1/s1. The molecule has 2 N–H and O–H groups in total. The molecule has 1 aliphatic rings. The lowest BCUT2D eigenvalue weighted by Gasteiger charge is -2.33. The van der Waals surface area contributed by atoms with E-state index in [0.717, 1.165) is 16.1 Å². The van der Waals surface area contributed by atoms with Crippen molar-refractivity contribution >= 4 is 27.6 Å². The van der Waals surface area contributed by atoms with E-state index in [0.29, 0.717) is 23.5 Å². The second-order valence-electron chi connectivity index (χ2n) is 8.61. The van der Waals surface area contributed by atoms with Gasteiger partial charge in [-0.05, 0) is 31.2 Å². The van der Waals surface area contributed by atoms with E-state index in [9.17, 15) is 26.0 Å². The number of anilines is 1. The van der Waals surface area contributed by atoms with Crippen molar-refractivity contribution in [2.24, 2.45) is 0 Å². The third-order valence-corrected chi connectivity index (χ3v) is 7.45. The van der Waals surface area contributed by atoms with Crippen LogP contribution in [0, 0.1) is 0 Å². The molecule has 1 aromatic carbocycles. The van der Waals surface area contributed by atoms with Gasteiger partial charge in [0.15, 0.2) is 0 Å². The molecule has 2 aromatic heterocycles. The Morgan fingerprint density at radius 2 is 2.00 bits per heavy atom. The van der Waals surface area contributed by atoms with Crippen LogP contribution >= 0.6 is 11.6 Å². The van der Waals surface area contributed by atoms with Crippen LogP contribution in [0.2, 0.25) is 5.02 Å². The summed E-state index contributed by atoms with van der Waals surface area (Å²) in [7, 11) is -1.77. The summed E-state index contributed by atoms with van der Waals surface area (Å²) in [5, 5.41) is 6.10. The highest BCUT2D eigenvalue weighted by Gasteiger charge is 2.37. The first-order valence-electron chi connectivity index (χ1n) is 11.1. The molecule has 3 aromatic rings. The molecule has 0 aliphatic carbocycles. The number of aromatic nitrogens is 4. The molecule has 1 aliphatic heterocycles. The molecule has 37 heavy (non-hydrogen) atoms. The van der Waals surface area contributed by atoms with Gasteiger partial charge in [0, 0.05) is 32.0 Å². The largest absolute Gasteiger partial charge is 0.420 e. The van der Waals surface area contributed by atoms with Crippen molar-refractivity contribution in [2.45, 2.75) is 31.4 Å². The number of nitrogens with zero attached hydrogens (tertiary/aromatic N) is 5. The first-order chi connectivity index (χ1) is 17.4. The van der Waals surface area contributed by atoms with E-state index in [4.69, 9.17) is 11.6 Å². The molecule has 15 heteroatoms. The summed E-state index contributed by atoms with van der Waals surface area (Å²) in [6, 6.07) is 4.41. The predicted octanol–water partition coefficient (Wildman–Crippen LogP) is 3.50.